The topological polar surface area (TPSA) is 46.6 Å². The van der Waals surface area contributed by atoms with E-state index in [1.165, 1.54) is 0 Å². The van der Waals surface area contributed by atoms with Gasteiger partial charge in [-0.25, -0.2) is 0 Å². The van der Waals surface area contributed by atoms with Gasteiger partial charge in [-0.05, 0) is 6.92 Å². The van der Waals surface area contributed by atoms with Crippen molar-refractivity contribution in [3.05, 3.63) is 18.0 Å². The van der Waals surface area contributed by atoms with E-state index in [1.807, 2.05) is 6.07 Å². The Hall–Kier alpha value is -1.33. The third-order valence-corrected chi connectivity index (χ3v) is 3.19. The monoisotopic (exact) mass is 251 g/mol. The molecule has 0 aliphatic carbocycles. The summed E-state index contributed by atoms with van der Waals surface area (Å²) in [5.74, 6) is 1.48. The first kappa shape index (κ1) is 13.1. The second-order valence-corrected chi connectivity index (χ2v) is 4.58. The molecular formula is C13H21N3O2. The fourth-order valence-electron chi connectivity index (χ4n) is 2.33. The third-order valence-electron chi connectivity index (χ3n) is 3.19. The van der Waals surface area contributed by atoms with Crippen LogP contribution >= 0.6 is 0 Å². The number of ether oxygens (including phenoxy) is 2. The fraction of sp³-hybridized carbons (Fsp3) is 0.615. The lowest BCUT2D eigenvalue weighted by Crippen LogP contribution is -2.48. The third kappa shape index (κ3) is 2.91. The van der Waals surface area contributed by atoms with Gasteiger partial charge in [0.1, 0.15) is 5.69 Å². The van der Waals surface area contributed by atoms with Crippen molar-refractivity contribution in [2.75, 3.05) is 33.9 Å². The highest BCUT2D eigenvalue weighted by Crippen LogP contribution is 2.29. The number of aromatic nitrogens is 1. The lowest BCUT2D eigenvalue weighted by atomic mass is 10.2. The van der Waals surface area contributed by atoms with Crippen LogP contribution in [0.3, 0.4) is 0 Å². The average molecular weight is 251 g/mol. The van der Waals surface area contributed by atoms with Gasteiger partial charge in [-0.3, -0.25) is 9.88 Å². The molecule has 1 aromatic heterocycles. The molecule has 2 heterocycles. The number of pyridine rings is 1. The predicted molar refractivity (Wildman–Crippen MR) is 70.1 cm³/mol. The zero-order chi connectivity index (χ0) is 13.0. The van der Waals surface area contributed by atoms with Gasteiger partial charge < -0.3 is 14.8 Å². The number of nitrogens with one attached hydrogen (secondary N) is 1. The summed E-state index contributed by atoms with van der Waals surface area (Å²) in [7, 11) is 3.30. The molecule has 100 valence electrons. The van der Waals surface area contributed by atoms with Gasteiger partial charge in [0.25, 0.3) is 0 Å². The molecule has 0 radical (unpaired) electrons. The Labute approximate surface area is 108 Å². The number of hydrogen-bond donors (Lipinski definition) is 1. The highest BCUT2D eigenvalue weighted by atomic mass is 16.5. The Morgan fingerprint density at radius 2 is 2.28 bits per heavy atom. The van der Waals surface area contributed by atoms with E-state index in [2.05, 4.69) is 22.1 Å². The van der Waals surface area contributed by atoms with E-state index in [4.69, 9.17) is 9.47 Å². The first-order valence-corrected chi connectivity index (χ1v) is 6.26. The first-order chi connectivity index (χ1) is 8.74. The van der Waals surface area contributed by atoms with E-state index < -0.39 is 0 Å². The van der Waals surface area contributed by atoms with Crippen molar-refractivity contribution in [3.8, 4) is 11.5 Å². The largest absolute Gasteiger partial charge is 0.493 e. The standard InChI is InChI=1S/C13H21N3O2/c1-10-8-16(7-6-14-10)9-11-13(18-3)12(17-2)4-5-15-11/h4-5,10,14H,6-9H2,1-3H3/t10-/m0/s1. The summed E-state index contributed by atoms with van der Waals surface area (Å²) in [5.41, 5.74) is 0.936. The second kappa shape index (κ2) is 6.02. The zero-order valence-electron chi connectivity index (χ0n) is 11.3. The van der Waals surface area contributed by atoms with Crippen LogP contribution in [0.4, 0.5) is 0 Å². The van der Waals surface area contributed by atoms with E-state index in [9.17, 15) is 0 Å². The molecule has 1 fully saturated rings. The molecule has 0 unspecified atom stereocenters. The van der Waals surface area contributed by atoms with E-state index in [1.54, 1.807) is 20.4 Å². The van der Waals surface area contributed by atoms with E-state index in [-0.39, 0.29) is 0 Å². The molecule has 0 bridgehead atoms. The highest BCUT2D eigenvalue weighted by molar-refractivity contribution is 5.42. The Balaban J connectivity index is 2.12. The van der Waals surface area contributed by atoms with Gasteiger partial charge in [0.15, 0.2) is 11.5 Å². The fourth-order valence-corrected chi connectivity index (χ4v) is 2.33. The molecule has 1 N–H and O–H groups in total. The number of piperazine rings is 1. The van der Waals surface area contributed by atoms with E-state index >= 15 is 0 Å². The Morgan fingerprint density at radius 3 is 2.94 bits per heavy atom. The molecular weight excluding hydrogens is 230 g/mol. The minimum absolute atomic E-state index is 0.523. The van der Waals surface area contributed by atoms with Crippen LogP contribution in [0.2, 0.25) is 0 Å². The SMILES string of the molecule is COc1ccnc(CN2CCN[C@@H](C)C2)c1OC. The van der Waals surface area contributed by atoms with Crippen molar-refractivity contribution < 1.29 is 9.47 Å². The molecule has 0 aromatic carbocycles. The van der Waals surface area contributed by atoms with E-state index in [0.717, 1.165) is 43.4 Å². The van der Waals surface area contributed by atoms with Crippen LogP contribution in [0.25, 0.3) is 0 Å². The van der Waals surface area contributed by atoms with Gasteiger partial charge in [0, 0.05) is 44.5 Å². The first-order valence-electron chi connectivity index (χ1n) is 6.26. The zero-order valence-corrected chi connectivity index (χ0v) is 11.3. The van der Waals surface area contributed by atoms with Crippen LogP contribution in [0.15, 0.2) is 12.3 Å². The smallest absolute Gasteiger partial charge is 0.183 e. The lowest BCUT2D eigenvalue weighted by Gasteiger charge is -2.31. The highest BCUT2D eigenvalue weighted by Gasteiger charge is 2.19. The van der Waals surface area contributed by atoms with E-state index in [0.29, 0.717) is 6.04 Å². The summed E-state index contributed by atoms with van der Waals surface area (Å²) in [5, 5.41) is 3.43. The maximum Gasteiger partial charge on any atom is 0.183 e. The Morgan fingerprint density at radius 1 is 1.44 bits per heavy atom. The quantitative estimate of drug-likeness (QED) is 0.861. The van der Waals surface area contributed by atoms with Crippen LogP contribution in [0, 0.1) is 0 Å². The van der Waals surface area contributed by atoms with Crippen LogP contribution in [0.5, 0.6) is 11.5 Å². The summed E-state index contributed by atoms with van der Waals surface area (Å²) >= 11 is 0. The van der Waals surface area contributed by atoms with Gasteiger partial charge in [0.2, 0.25) is 0 Å². The molecule has 0 spiro atoms. The van der Waals surface area contributed by atoms with Crippen LogP contribution in [-0.2, 0) is 6.54 Å². The summed E-state index contributed by atoms with van der Waals surface area (Å²) in [4.78, 5) is 6.79. The predicted octanol–water partition coefficient (Wildman–Crippen LogP) is 0.892. The number of rotatable bonds is 4. The summed E-state index contributed by atoms with van der Waals surface area (Å²) in [6.45, 7) is 6.08. The lowest BCUT2D eigenvalue weighted by molar-refractivity contribution is 0.194. The molecule has 2 rings (SSSR count). The van der Waals surface area contributed by atoms with Crippen molar-refractivity contribution in [2.24, 2.45) is 0 Å². The molecule has 1 aliphatic heterocycles. The number of methoxy groups -OCH3 is 2. The Bertz CT molecular complexity index is 398. The van der Waals surface area contributed by atoms with Crippen molar-refractivity contribution in [3.63, 3.8) is 0 Å². The van der Waals surface area contributed by atoms with Crippen molar-refractivity contribution in [2.45, 2.75) is 19.5 Å². The van der Waals surface area contributed by atoms with Gasteiger partial charge >= 0.3 is 0 Å². The molecule has 18 heavy (non-hydrogen) atoms. The van der Waals surface area contributed by atoms with Gasteiger partial charge in [-0.1, -0.05) is 0 Å². The molecule has 5 heteroatoms. The summed E-state index contributed by atoms with van der Waals surface area (Å²) in [6, 6.07) is 2.35. The van der Waals surface area contributed by atoms with Crippen LogP contribution in [-0.4, -0.2) is 49.8 Å². The molecule has 0 saturated carbocycles. The van der Waals surface area contributed by atoms with Crippen molar-refractivity contribution in [1.82, 2.24) is 15.2 Å². The second-order valence-electron chi connectivity index (χ2n) is 4.58. The molecule has 1 aliphatic rings. The molecule has 0 amide bonds. The van der Waals surface area contributed by atoms with Crippen LogP contribution in [0.1, 0.15) is 12.6 Å². The summed E-state index contributed by atoms with van der Waals surface area (Å²) in [6.07, 6.45) is 1.77. The maximum absolute atomic E-state index is 5.41. The van der Waals surface area contributed by atoms with Crippen molar-refractivity contribution in [1.29, 1.82) is 0 Å². The van der Waals surface area contributed by atoms with Gasteiger partial charge in [-0.15, -0.1) is 0 Å². The molecule has 1 saturated heterocycles. The van der Waals surface area contributed by atoms with Gasteiger partial charge in [0.05, 0.1) is 14.2 Å². The maximum atomic E-state index is 5.41. The van der Waals surface area contributed by atoms with Crippen molar-refractivity contribution >= 4 is 0 Å². The minimum Gasteiger partial charge on any atom is -0.493 e. The van der Waals surface area contributed by atoms with Gasteiger partial charge in [-0.2, -0.15) is 0 Å². The minimum atomic E-state index is 0.523. The number of nitrogens with zero attached hydrogens (tertiary/aromatic N) is 2. The summed E-state index contributed by atoms with van der Waals surface area (Å²) < 4.78 is 10.7. The molecule has 5 nitrogen and oxygen atoms in total. The van der Waals surface area contributed by atoms with Crippen LogP contribution < -0.4 is 14.8 Å². The normalized spacial score (nSPS) is 20.7. The average Bonchev–Trinajstić information content (AvgIpc) is 2.38. The Kier molecular flexibility index (Phi) is 4.38. The molecule has 1 aromatic rings. The number of hydrogen-bond acceptors (Lipinski definition) is 5. The molecule has 1 atom stereocenters.